The zero-order valence-corrected chi connectivity index (χ0v) is 41.3. The molecule has 63 heavy (non-hydrogen) atoms. The molecule has 0 rings (SSSR count). The fourth-order valence-electron chi connectivity index (χ4n) is 7.11. The van der Waals surface area contributed by atoms with Crippen molar-refractivity contribution in [1.29, 1.82) is 0 Å². The third-order valence-corrected chi connectivity index (χ3v) is 11.2. The fourth-order valence-corrected chi connectivity index (χ4v) is 7.11. The van der Waals surface area contributed by atoms with Crippen LogP contribution in [0.15, 0.2) is 72.9 Å². The highest BCUT2D eigenvalue weighted by Crippen LogP contribution is 2.14. The fraction of sp³-hybridized carbons (Fsp3) is 0.737. The lowest BCUT2D eigenvalue weighted by Gasteiger charge is -2.18. The van der Waals surface area contributed by atoms with E-state index in [0.717, 1.165) is 103 Å². The number of esters is 3. The minimum atomic E-state index is -0.791. The molecule has 0 spiro atoms. The second-order valence-electron chi connectivity index (χ2n) is 17.4. The van der Waals surface area contributed by atoms with Gasteiger partial charge in [0, 0.05) is 19.3 Å². The summed E-state index contributed by atoms with van der Waals surface area (Å²) in [6.45, 7) is 6.51. The number of ether oxygens (including phenoxy) is 3. The molecule has 6 nitrogen and oxygen atoms in total. The molecule has 0 amide bonds. The van der Waals surface area contributed by atoms with Crippen LogP contribution in [0.3, 0.4) is 0 Å². The molecule has 0 unspecified atom stereocenters. The SMILES string of the molecule is CCCC/C=C\CCCCCCCC(=O)OC[C@@H](COC(=O)CCCCCC/C=C\C/C=C\C/C=C\CCCCC)OC(=O)CCCCCCCCC/C=C\C/C=C\CCCCC. The quantitative estimate of drug-likeness (QED) is 0.0262. The van der Waals surface area contributed by atoms with Crippen LogP contribution in [0, 0.1) is 0 Å². The Hall–Kier alpha value is -3.15. The predicted octanol–water partition coefficient (Wildman–Crippen LogP) is 17.4. The molecular weight excluding hydrogens is 781 g/mol. The van der Waals surface area contributed by atoms with E-state index < -0.39 is 6.10 Å². The monoisotopic (exact) mass is 879 g/mol. The molecule has 0 saturated carbocycles. The van der Waals surface area contributed by atoms with Gasteiger partial charge in [-0.1, -0.05) is 196 Å². The van der Waals surface area contributed by atoms with E-state index in [-0.39, 0.29) is 31.1 Å². The zero-order chi connectivity index (χ0) is 45.8. The van der Waals surface area contributed by atoms with Crippen LogP contribution < -0.4 is 0 Å². The van der Waals surface area contributed by atoms with Crippen molar-refractivity contribution in [2.45, 2.75) is 258 Å². The molecule has 0 saturated heterocycles. The number of carbonyl (C=O) groups excluding carboxylic acids is 3. The summed E-state index contributed by atoms with van der Waals surface area (Å²) in [5.41, 5.74) is 0. The van der Waals surface area contributed by atoms with Crippen LogP contribution in [0.25, 0.3) is 0 Å². The van der Waals surface area contributed by atoms with Crippen molar-refractivity contribution >= 4 is 17.9 Å². The number of allylic oxidation sites excluding steroid dienone is 12. The molecule has 6 heteroatoms. The van der Waals surface area contributed by atoms with Gasteiger partial charge in [-0.25, -0.2) is 0 Å². The first-order valence-corrected chi connectivity index (χ1v) is 26.4. The van der Waals surface area contributed by atoms with Crippen LogP contribution in [0.2, 0.25) is 0 Å². The Balaban J connectivity index is 4.42. The van der Waals surface area contributed by atoms with E-state index in [1.807, 2.05) is 0 Å². The van der Waals surface area contributed by atoms with Crippen LogP contribution in [-0.4, -0.2) is 37.2 Å². The van der Waals surface area contributed by atoms with Crippen molar-refractivity contribution in [2.24, 2.45) is 0 Å². The Morgan fingerprint density at radius 3 is 0.952 bits per heavy atom. The Morgan fingerprint density at radius 1 is 0.317 bits per heavy atom. The van der Waals surface area contributed by atoms with Gasteiger partial charge in [0.1, 0.15) is 13.2 Å². The number of hydrogen-bond donors (Lipinski definition) is 0. The summed E-state index contributed by atoms with van der Waals surface area (Å²) in [4.78, 5) is 38.0. The second-order valence-corrected chi connectivity index (χ2v) is 17.4. The van der Waals surface area contributed by atoms with Crippen molar-refractivity contribution in [1.82, 2.24) is 0 Å². The molecule has 0 fully saturated rings. The maximum atomic E-state index is 12.8. The number of rotatable bonds is 47. The average molecular weight is 879 g/mol. The van der Waals surface area contributed by atoms with E-state index in [2.05, 4.69) is 93.7 Å². The summed E-state index contributed by atoms with van der Waals surface area (Å²) in [7, 11) is 0. The summed E-state index contributed by atoms with van der Waals surface area (Å²) in [5, 5.41) is 0. The van der Waals surface area contributed by atoms with Gasteiger partial charge in [-0.2, -0.15) is 0 Å². The van der Waals surface area contributed by atoms with Crippen LogP contribution >= 0.6 is 0 Å². The lowest BCUT2D eigenvalue weighted by molar-refractivity contribution is -0.167. The topological polar surface area (TPSA) is 78.9 Å². The highest BCUT2D eigenvalue weighted by Gasteiger charge is 2.19. The third-order valence-electron chi connectivity index (χ3n) is 11.2. The summed E-state index contributed by atoms with van der Waals surface area (Å²) in [6, 6.07) is 0. The smallest absolute Gasteiger partial charge is 0.306 e. The van der Waals surface area contributed by atoms with E-state index in [1.54, 1.807) is 0 Å². The molecule has 0 aromatic heterocycles. The van der Waals surface area contributed by atoms with Gasteiger partial charge in [0.2, 0.25) is 0 Å². The second kappa shape index (κ2) is 51.5. The first kappa shape index (κ1) is 59.9. The highest BCUT2D eigenvalue weighted by molar-refractivity contribution is 5.71. The van der Waals surface area contributed by atoms with Crippen molar-refractivity contribution in [3.8, 4) is 0 Å². The van der Waals surface area contributed by atoms with Crippen LogP contribution in [0.4, 0.5) is 0 Å². The van der Waals surface area contributed by atoms with Gasteiger partial charge in [0.05, 0.1) is 0 Å². The van der Waals surface area contributed by atoms with E-state index in [1.165, 1.54) is 109 Å². The van der Waals surface area contributed by atoms with Crippen molar-refractivity contribution < 1.29 is 28.6 Å². The molecule has 0 heterocycles. The van der Waals surface area contributed by atoms with Gasteiger partial charge in [-0.15, -0.1) is 0 Å². The van der Waals surface area contributed by atoms with E-state index >= 15 is 0 Å². The molecule has 0 radical (unpaired) electrons. The number of unbranched alkanes of at least 4 members (excludes halogenated alkanes) is 24. The molecule has 0 N–H and O–H groups in total. The average Bonchev–Trinajstić information content (AvgIpc) is 3.28. The predicted molar refractivity (Wildman–Crippen MR) is 270 cm³/mol. The molecule has 0 aromatic rings. The number of carbonyl (C=O) groups is 3. The largest absolute Gasteiger partial charge is 0.462 e. The summed E-state index contributed by atoms with van der Waals surface area (Å²) in [6.07, 6.45) is 64.5. The molecule has 0 aliphatic rings. The maximum Gasteiger partial charge on any atom is 0.306 e. The van der Waals surface area contributed by atoms with Gasteiger partial charge in [-0.3, -0.25) is 14.4 Å². The Bertz CT molecular complexity index is 1190. The lowest BCUT2D eigenvalue weighted by Crippen LogP contribution is -2.30. The molecule has 0 aliphatic carbocycles. The Labute approximate surface area is 389 Å². The van der Waals surface area contributed by atoms with Gasteiger partial charge < -0.3 is 14.2 Å². The molecular formula is C57H98O6. The first-order valence-electron chi connectivity index (χ1n) is 26.4. The first-order chi connectivity index (χ1) is 31.0. The molecule has 1 atom stereocenters. The zero-order valence-electron chi connectivity index (χ0n) is 41.3. The molecule has 0 bridgehead atoms. The van der Waals surface area contributed by atoms with Crippen molar-refractivity contribution in [2.75, 3.05) is 13.2 Å². The van der Waals surface area contributed by atoms with Gasteiger partial charge in [0.15, 0.2) is 6.10 Å². The van der Waals surface area contributed by atoms with Crippen LogP contribution in [-0.2, 0) is 28.6 Å². The van der Waals surface area contributed by atoms with E-state index in [0.29, 0.717) is 19.3 Å². The van der Waals surface area contributed by atoms with Gasteiger partial charge >= 0.3 is 17.9 Å². The minimum absolute atomic E-state index is 0.0906. The standard InChI is InChI=1S/C57H98O6/c1-4-7-10-13-16-19-22-24-26-28-30-32-35-38-41-44-47-50-56(59)62-53-54(52-61-55(58)49-46-43-40-37-34-21-18-15-12-9-6-3)63-57(60)51-48-45-42-39-36-33-31-29-27-25-23-20-17-14-11-8-5-2/h15-20,24-27,30,32,54H,4-14,21-23,28-29,31,33-53H2,1-3H3/b18-15-,19-16-,20-17-,26-24-,27-25-,32-30-/t54-/m0/s1. The number of hydrogen-bond acceptors (Lipinski definition) is 6. The van der Waals surface area contributed by atoms with Crippen LogP contribution in [0.5, 0.6) is 0 Å². The van der Waals surface area contributed by atoms with Gasteiger partial charge in [-0.05, 0) is 109 Å². The Morgan fingerprint density at radius 2 is 0.587 bits per heavy atom. The normalized spacial score (nSPS) is 12.6. The van der Waals surface area contributed by atoms with E-state index in [4.69, 9.17) is 14.2 Å². The van der Waals surface area contributed by atoms with E-state index in [9.17, 15) is 14.4 Å². The third kappa shape index (κ3) is 49.7. The summed E-state index contributed by atoms with van der Waals surface area (Å²) < 4.78 is 16.8. The summed E-state index contributed by atoms with van der Waals surface area (Å²) >= 11 is 0. The van der Waals surface area contributed by atoms with Crippen LogP contribution in [0.1, 0.15) is 252 Å². The summed E-state index contributed by atoms with van der Waals surface area (Å²) in [5.74, 6) is -0.928. The molecule has 0 aliphatic heterocycles. The molecule has 362 valence electrons. The Kier molecular flexibility index (Phi) is 48.9. The highest BCUT2D eigenvalue weighted by atomic mass is 16.6. The molecule has 0 aromatic carbocycles. The van der Waals surface area contributed by atoms with Crippen molar-refractivity contribution in [3.05, 3.63) is 72.9 Å². The minimum Gasteiger partial charge on any atom is -0.462 e. The maximum absolute atomic E-state index is 12.8. The van der Waals surface area contributed by atoms with Crippen molar-refractivity contribution in [3.63, 3.8) is 0 Å². The van der Waals surface area contributed by atoms with Gasteiger partial charge in [0.25, 0.3) is 0 Å². The lowest BCUT2D eigenvalue weighted by atomic mass is 10.1.